The second-order valence-electron chi connectivity index (χ2n) is 6.31. The summed E-state index contributed by atoms with van der Waals surface area (Å²) in [5.41, 5.74) is 3.38. The number of amides is 1. The monoisotopic (exact) mass is 343 g/mol. The minimum atomic E-state index is -0.251. The van der Waals surface area contributed by atoms with Crippen LogP contribution in [0.5, 0.6) is 0 Å². The second kappa shape index (κ2) is 6.81. The van der Waals surface area contributed by atoms with Gasteiger partial charge in [-0.1, -0.05) is 12.1 Å². The van der Waals surface area contributed by atoms with Gasteiger partial charge in [0.25, 0.3) is 0 Å². The molecule has 3 heterocycles. The number of rotatable bonds is 4. The number of nitrogens with zero attached hydrogens (tertiary/aromatic N) is 4. The molecule has 1 fully saturated rings. The van der Waals surface area contributed by atoms with Crippen LogP contribution in [-0.4, -0.2) is 33.4 Å². The van der Waals surface area contributed by atoms with E-state index in [0.717, 1.165) is 28.6 Å². The largest absolute Gasteiger partial charge is 0.373 e. The van der Waals surface area contributed by atoms with Crippen molar-refractivity contribution in [2.24, 2.45) is 0 Å². The van der Waals surface area contributed by atoms with Gasteiger partial charge in [-0.05, 0) is 36.2 Å². The van der Waals surface area contributed by atoms with Crippen LogP contribution < -0.4 is 5.32 Å². The van der Waals surface area contributed by atoms with E-state index in [1.165, 1.54) is 0 Å². The molecule has 128 valence electrons. The second-order valence-corrected chi connectivity index (χ2v) is 6.31. The summed E-state index contributed by atoms with van der Waals surface area (Å²) in [7, 11) is 0. The van der Waals surface area contributed by atoms with Gasteiger partial charge in [0.15, 0.2) is 0 Å². The maximum atomic E-state index is 12.8. The van der Waals surface area contributed by atoms with Crippen LogP contribution in [0.4, 0.5) is 5.69 Å². The quantitative estimate of drug-likeness (QED) is 0.788. The molecule has 0 radical (unpaired) electrons. The van der Waals surface area contributed by atoms with Gasteiger partial charge >= 0.3 is 0 Å². The highest BCUT2D eigenvalue weighted by Crippen LogP contribution is 2.24. The van der Waals surface area contributed by atoms with Gasteiger partial charge in [-0.2, -0.15) is 5.26 Å². The van der Waals surface area contributed by atoms with Crippen LogP contribution in [-0.2, 0) is 11.3 Å². The van der Waals surface area contributed by atoms with Crippen molar-refractivity contribution in [2.45, 2.75) is 19.0 Å². The maximum absolute atomic E-state index is 12.8. The lowest BCUT2D eigenvalue weighted by Gasteiger charge is -2.18. The minimum absolute atomic E-state index is 0.0863. The molecule has 3 aromatic rings. The Morgan fingerprint density at radius 2 is 2.04 bits per heavy atom. The number of pyridine rings is 2. The van der Waals surface area contributed by atoms with Crippen molar-refractivity contribution in [3.8, 4) is 6.07 Å². The number of carbonyl (C=O) groups is 1. The summed E-state index contributed by atoms with van der Waals surface area (Å²) >= 11 is 0. The normalized spacial score (nSPS) is 16.7. The zero-order valence-corrected chi connectivity index (χ0v) is 14.1. The number of aromatic nitrogens is 2. The number of nitriles is 1. The molecule has 0 spiro atoms. The van der Waals surface area contributed by atoms with Crippen LogP contribution in [0, 0.1) is 11.3 Å². The van der Waals surface area contributed by atoms with Crippen LogP contribution in [0.1, 0.15) is 17.5 Å². The number of carbonyl (C=O) groups excluding carboxylic acids is 1. The molecule has 1 aliphatic heterocycles. The number of likely N-dealkylation sites (tertiary alicyclic amines) is 1. The number of anilines is 1. The van der Waals surface area contributed by atoms with E-state index in [-0.39, 0.29) is 11.9 Å². The summed E-state index contributed by atoms with van der Waals surface area (Å²) in [6, 6.07) is 12.9. The molecule has 1 N–H and O–H groups in total. The van der Waals surface area contributed by atoms with Crippen molar-refractivity contribution in [1.29, 1.82) is 5.26 Å². The van der Waals surface area contributed by atoms with Gasteiger partial charge in [0.1, 0.15) is 6.04 Å². The molecule has 26 heavy (non-hydrogen) atoms. The predicted molar refractivity (Wildman–Crippen MR) is 98.1 cm³/mol. The van der Waals surface area contributed by atoms with Crippen LogP contribution in [0.3, 0.4) is 0 Å². The summed E-state index contributed by atoms with van der Waals surface area (Å²) in [6.07, 6.45) is 5.95. The first-order valence-electron chi connectivity index (χ1n) is 8.48. The predicted octanol–water partition coefficient (Wildman–Crippen LogP) is 2.71. The third-order valence-corrected chi connectivity index (χ3v) is 4.63. The zero-order valence-electron chi connectivity index (χ0n) is 14.1. The number of hydrogen-bond donors (Lipinski definition) is 1. The van der Waals surface area contributed by atoms with Crippen LogP contribution in [0.2, 0.25) is 0 Å². The maximum Gasteiger partial charge on any atom is 0.245 e. The molecule has 0 bridgehead atoms. The molecule has 1 saturated heterocycles. The Labute approximate surface area is 151 Å². The number of nitrogens with one attached hydrogen (secondary N) is 1. The summed E-state index contributed by atoms with van der Waals surface area (Å²) in [6.45, 7) is 1.26. The molecule has 4 rings (SSSR count). The summed E-state index contributed by atoms with van der Waals surface area (Å²) in [5, 5.41) is 13.1. The van der Waals surface area contributed by atoms with Crippen LogP contribution >= 0.6 is 0 Å². The smallest absolute Gasteiger partial charge is 0.245 e. The molecule has 1 unspecified atom stereocenters. The average Bonchev–Trinajstić information content (AvgIpc) is 3.02. The van der Waals surface area contributed by atoms with E-state index in [0.29, 0.717) is 18.7 Å². The standard InChI is InChI=1S/C20H17N5O/c21-11-14-1-3-15(4-2-14)13-25-10-7-19(20(25)26)24-18-6-9-23-17-5-8-22-12-16(17)18/h1-6,8-9,12,19H,7,10,13H2,(H,23,24). The molecule has 1 atom stereocenters. The van der Waals surface area contributed by atoms with E-state index in [1.807, 2.05) is 29.2 Å². The highest BCUT2D eigenvalue weighted by molar-refractivity contribution is 5.93. The lowest BCUT2D eigenvalue weighted by atomic mass is 10.1. The van der Waals surface area contributed by atoms with Gasteiger partial charge in [-0.15, -0.1) is 0 Å². The SMILES string of the molecule is N#Cc1ccc(CN2CCC(Nc3ccnc4ccncc34)C2=O)cc1. The fraction of sp³-hybridized carbons (Fsp3) is 0.200. The van der Waals surface area contributed by atoms with Gasteiger partial charge in [0.2, 0.25) is 5.91 Å². The van der Waals surface area contributed by atoms with Crippen LogP contribution in [0.25, 0.3) is 10.9 Å². The van der Waals surface area contributed by atoms with Gasteiger partial charge in [-0.25, -0.2) is 0 Å². The van der Waals surface area contributed by atoms with E-state index < -0.39 is 0 Å². The average molecular weight is 343 g/mol. The Morgan fingerprint density at radius 3 is 2.85 bits per heavy atom. The van der Waals surface area contributed by atoms with E-state index in [9.17, 15) is 4.79 Å². The lowest BCUT2D eigenvalue weighted by Crippen LogP contribution is -2.33. The topological polar surface area (TPSA) is 81.9 Å². The fourth-order valence-corrected chi connectivity index (χ4v) is 3.24. The van der Waals surface area contributed by atoms with E-state index in [4.69, 9.17) is 5.26 Å². The number of fused-ring (bicyclic) bond motifs is 1. The summed E-state index contributed by atoms with van der Waals surface area (Å²) < 4.78 is 0. The molecule has 6 heteroatoms. The van der Waals surface area contributed by atoms with Gasteiger partial charge < -0.3 is 10.2 Å². The van der Waals surface area contributed by atoms with Crippen molar-refractivity contribution in [3.63, 3.8) is 0 Å². The number of benzene rings is 1. The van der Waals surface area contributed by atoms with Crippen molar-refractivity contribution in [1.82, 2.24) is 14.9 Å². The minimum Gasteiger partial charge on any atom is -0.373 e. The lowest BCUT2D eigenvalue weighted by molar-refractivity contribution is -0.128. The Bertz CT molecular complexity index is 988. The number of hydrogen-bond acceptors (Lipinski definition) is 5. The fourth-order valence-electron chi connectivity index (χ4n) is 3.24. The molecule has 1 amide bonds. The first kappa shape index (κ1) is 16.0. The Morgan fingerprint density at radius 1 is 1.19 bits per heavy atom. The highest BCUT2D eigenvalue weighted by Gasteiger charge is 2.31. The van der Waals surface area contributed by atoms with Gasteiger partial charge in [0, 0.05) is 42.8 Å². The zero-order chi connectivity index (χ0) is 17.9. The van der Waals surface area contributed by atoms with E-state index >= 15 is 0 Å². The first-order chi connectivity index (χ1) is 12.7. The van der Waals surface area contributed by atoms with Crippen LogP contribution in [0.15, 0.2) is 55.0 Å². The molecule has 1 aliphatic rings. The van der Waals surface area contributed by atoms with Gasteiger partial charge in [0.05, 0.1) is 17.1 Å². The third-order valence-electron chi connectivity index (χ3n) is 4.63. The third kappa shape index (κ3) is 3.07. The van der Waals surface area contributed by atoms with Crippen molar-refractivity contribution in [3.05, 3.63) is 66.1 Å². The molecule has 2 aromatic heterocycles. The Kier molecular flexibility index (Phi) is 4.20. The Balaban J connectivity index is 1.47. The summed E-state index contributed by atoms with van der Waals surface area (Å²) in [4.78, 5) is 23.1. The molecular formula is C20H17N5O. The van der Waals surface area contributed by atoms with E-state index in [2.05, 4.69) is 21.4 Å². The first-order valence-corrected chi connectivity index (χ1v) is 8.48. The van der Waals surface area contributed by atoms with Crippen molar-refractivity contribution >= 4 is 22.5 Å². The molecule has 1 aromatic carbocycles. The van der Waals surface area contributed by atoms with E-state index in [1.54, 1.807) is 30.7 Å². The van der Waals surface area contributed by atoms with Crippen molar-refractivity contribution in [2.75, 3.05) is 11.9 Å². The molecule has 0 saturated carbocycles. The van der Waals surface area contributed by atoms with Crippen molar-refractivity contribution < 1.29 is 4.79 Å². The Hall–Kier alpha value is -3.46. The summed E-state index contributed by atoms with van der Waals surface area (Å²) in [5.74, 6) is 0.0863. The highest BCUT2D eigenvalue weighted by atomic mass is 16.2. The van der Waals surface area contributed by atoms with Gasteiger partial charge in [-0.3, -0.25) is 14.8 Å². The molecule has 6 nitrogen and oxygen atoms in total. The molecule has 0 aliphatic carbocycles. The molecular weight excluding hydrogens is 326 g/mol.